The number of hydrogen-bond acceptors (Lipinski definition) is 6. The number of esters is 1. The Hall–Kier alpha value is -2.29. The molecule has 0 bridgehead atoms. The standard InChI is InChI=1S/C22H27NO5S2/c1-6-23(16-10-8-7-9-11-16)17-14-19(29-5)18(15-20(17)30(25)26)27-13-12-21(24)28-22(2,3)4/h7-15H,6H2,1-5H3,(H,25,26)/b13-12+. The van der Waals surface area contributed by atoms with Gasteiger partial charge in [-0.3, -0.25) is 0 Å². The highest BCUT2D eigenvalue weighted by Gasteiger charge is 2.20. The van der Waals surface area contributed by atoms with Gasteiger partial charge in [-0.25, -0.2) is 9.00 Å². The zero-order valence-electron chi connectivity index (χ0n) is 17.7. The van der Waals surface area contributed by atoms with Gasteiger partial charge in [0, 0.05) is 18.3 Å². The number of anilines is 2. The minimum Gasteiger partial charge on any atom is -0.464 e. The third kappa shape index (κ3) is 6.62. The highest BCUT2D eigenvalue weighted by Crippen LogP contribution is 2.39. The van der Waals surface area contributed by atoms with Crippen LogP contribution in [-0.4, -0.2) is 33.1 Å². The van der Waals surface area contributed by atoms with Crippen molar-refractivity contribution in [2.45, 2.75) is 43.1 Å². The largest absolute Gasteiger partial charge is 0.464 e. The van der Waals surface area contributed by atoms with Crippen LogP contribution in [0.3, 0.4) is 0 Å². The molecular formula is C22H27NO5S2. The smallest absolute Gasteiger partial charge is 0.334 e. The van der Waals surface area contributed by atoms with E-state index in [1.54, 1.807) is 20.8 Å². The van der Waals surface area contributed by atoms with Crippen LogP contribution in [0, 0.1) is 0 Å². The molecule has 0 saturated heterocycles. The summed E-state index contributed by atoms with van der Waals surface area (Å²) in [5.74, 6) is -0.149. The predicted octanol–water partition coefficient (Wildman–Crippen LogP) is 5.38. The van der Waals surface area contributed by atoms with E-state index in [1.807, 2.05) is 54.5 Å². The number of carbonyl (C=O) groups excluding carboxylic acids is 1. The molecule has 2 aromatic rings. The SMILES string of the molecule is CCN(c1ccccc1)c1cc(SC)c(O/C=C/C(=O)OC(C)(C)C)cc1S(=O)O. The fourth-order valence-corrected chi connectivity index (χ4v) is 3.83. The van der Waals surface area contributed by atoms with Crippen LogP contribution in [0.15, 0.2) is 64.6 Å². The highest BCUT2D eigenvalue weighted by atomic mass is 32.2. The third-order valence-corrected chi connectivity index (χ3v) is 5.38. The molecule has 1 unspecified atom stereocenters. The zero-order valence-corrected chi connectivity index (χ0v) is 19.4. The van der Waals surface area contributed by atoms with E-state index < -0.39 is 22.7 Å². The first-order valence-corrected chi connectivity index (χ1v) is 11.7. The average Bonchev–Trinajstić information content (AvgIpc) is 2.68. The van der Waals surface area contributed by atoms with Gasteiger partial charge in [0.15, 0.2) is 11.1 Å². The van der Waals surface area contributed by atoms with E-state index in [4.69, 9.17) is 9.47 Å². The van der Waals surface area contributed by atoms with Crippen LogP contribution in [-0.2, 0) is 20.6 Å². The normalized spacial score (nSPS) is 12.6. The molecule has 0 aliphatic heterocycles. The second-order valence-electron chi connectivity index (χ2n) is 7.25. The molecular weight excluding hydrogens is 422 g/mol. The van der Waals surface area contributed by atoms with Gasteiger partial charge in [0.25, 0.3) is 0 Å². The Morgan fingerprint density at radius 1 is 1.23 bits per heavy atom. The van der Waals surface area contributed by atoms with Gasteiger partial charge >= 0.3 is 5.97 Å². The monoisotopic (exact) mass is 449 g/mol. The molecule has 6 nitrogen and oxygen atoms in total. The second kappa shape index (κ2) is 10.7. The summed E-state index contributed by atoms with van der Waals surface area (Å²) in [6.45, 7) is 7.92. The van der Waals surface area contributed by atoms with Crippen molar-refractivity contribution in [3.63, 3.8) is 0 Å². The zero-order chi connectivity index (χ0) is 22.3. The van der Waals surface area contributed by atoms with E-state index in [2.05, 4.69) is 0 Å². The number of ether oxygens (including phenoxy) is 2. The number of carbonyl (C=O) groups is 1. The van der Waals surface area contributed by atoms with E-state index in [9.17, 15) is 13.6 Å². The van der Waals surface area contributed by atoms with Gasteiger partial charge < -0.3 is 18.9 Å². The molecule has 0 aromatic heterocycles. The first-order chi connectivity index (χ1) is 14.2. The summed E-state index contributed by atoms with van der Waals surface area (Å²) in [5.41, 5.74) is 0.935. The molecule has 0 aliphatic rings. The number of thioether (sulfide) groups is 1. The molecule has 8 heteroatoms. The summed E-state index contributed by atoms with van der Waals surface area (Å²) >= 11 is -0.792. The van der Waals surface area contributed by atoms with Crippen molar-refractivity contribution in [3.8, 4) is 5.75 Å². The topological polar surface area (TPSA) is 76.1 Å². The van der Waals surface area contributed by atoms with Crippen molar-refractivity contribution in [2.24, 2.45) is 0 Å². The Morgan fingerprint density at radius 2 is 1.90 bits per heavy atom. The van der Waals surface area contributed by atoms with Crippen LogP contribution in [0.1, 0.15) is 27.7 Å². The Labute approximate surface area is 184 Å². The van der Waals surface area contributed by atoms with Gasteiger partial charge in [0.05, 0.1) is 27.8 Å². The van der Waals surface area contributed by atoms with Crippen molar-refractivity contribution >= 4 is 40.2 Å². The summed E-state index contributed by atoms with van der Waals surface area (Å²) in [4.78, 5) is 14.8. The highest BCUT2D eigenvalue weighted by molar-refractivity contribution is 7.98. The first kappa shape index (κ1) is 24.0. The third-order valence-electron chi connectivity index (χ3n) is 3.91. The molecule has 1 atom stereocenters. The maximum Gasteiger partial charge on any atom is 0.334 e. The van der Waals surface area contributed by atoms with Crippen molar-refractivity contribution in [2.75, 3.05) is 17.7 Å². The van der Waals surface area contributed by atoms with Crippen molar-refractivity contribution in [3.05, 3.63) is 54.8 Å². The van der Waals surface area contributed by atoms with Crippen LogP contribution in [0.2, 0.25) is 0 Å². The van der Waals surface area contributed by atoms with Gasteiger partial charge in [-0.05, 0) is 52.1 Å². The first-order valence-electron chi connectivity index (χ1n) is 9.38. The molecule has 2 rings (SSSR count). The maximum absolute atomic E-state index is 12.1. The van der Waals surface area contributed by atoms with Gasteiger partial charge in [0.2, 0.25) is 0 Å². The van der Waals surface area contributed by atoms with Crippen LogP contribution in [0.4, 0.5) is 11.4 Å². The molecule has 162 valence electrons. The lowest BCUT2D eigenvalue weighted by molar-refractivity contribution is -0.148. The summed E-state index contributed by atoms with van der Waals surface area (Å²) in [6, 6.07) is 13.0. The van der Waals surface area contributed by atoms with Gasteiger partial charge in [-0.15, -0.1) is 11.8 Å². The minimum atomic E-state index is -2.23. The van der Waals surface area contributed by atoms with Crippen molar-refractivity contribution in [1.82, 2.24) is 0 Å². The van der Waals surface area contributed by atoms with Crippen LogP contribution < -0.4 is 9.64 Å². The Morgan fingerprint density at radius 3 is 2.43 bits per heavy atom. The molecule has 0 aliphatic carbocycles. The summed E-state index contributed by atoms with van der Waals surface area (Å²) < 4.78 is 32.8. The fourth-order valence-electron chi connectivity index (χ4n) is 2.73. The number of para-hydroxylation sites is 1. The van der Waals surface area contributed by atoms with Crippen molar-refractivity contribution < 1.29 is 23.0 Å². The molecule has 2 aromatic carbocycles. The molecule has 0 heterocycles. The van der Waals surface area contributed by atoms with Crippen LogP contribution in [0.25, 0.3) is 0 Å². The Bertz CT molecular complexity index is 923. The number of nitrogens with zero attached hydrogens (tertiary/aromatic N) is 1. The molecule has 0 amide bonds. The van der Waals surface area contributed by atoms with E-state index in [0.717, 1.165) is 10.6 Å². The summed E-state index contributed by atoms with van der Waals surface area (Å²) in [5, 5.41) is 0. The van der Waals surface area contributed by atoms with Gasteiger partial charge in [-0.2, -0.15) is 0 Å². The number of hydrogen-bond donors (Lipinski definition) is 1. The lowest BCUT2D eigenvalue weighted by atomic mass is 10.2. The minimum absolute atomic E-state index is 0.221. The molecule has 30 heavy (non-hydrogen) atoms. The summed E-state index contributed by atoms with van der Waals surface area (Å²) in [7, 11) is 0. The maximum atomic E-state index is 12.1. The molecule has 0 spiro atoms. The number of rotatable bonds is 8. The summed E-state index contributed by atoms with van der Waals surface area (Å²) in [6.07, 6.45) is 4.29. The lowest BCUT2D eigenvalue weighted by Gasteiger charge is -2.26. The quantitative estimate of drug-likeness (QED) is 0.191. The average molecular weight is 450 g/mol. The van der Waals surface area contributed by atoms with Crippen LogP contribution in [0.5, 0.6) is 5.75 Å². The number of benzene rings is 2. The molecule has 1 N–H and O–H groups in total. The second-order valence-corrected chi connectivity index (χ2v) is 9.04. The Kier molecular flexibility index (Phi) is 8.52. The molecule has 0 radical (unpaired) electrons. The fraction of sp³-hybridized carbons (Fsp3) is 0.318. The Balaban J connectivity index is 2.39. The van der Waals surface area contributed by atoms with Crippen molar-refractivity contribution in [1.29, 1.82) is 0 Å². The van der Waals surface area contributed by atoms with E-state index in [0.29, 0.717) is 18.0 Å². The lowest BCUT2D eigenvalue weighted by Crippen LogP contribution is -2.22. The van der Waals surface area contributed by atoms with E-state index >= 15 is 0 Å². The van der Waals surface area contributed by atoms with Gasteiger partial charge in [0.1, 0.15) is 11.4 Å². The van der Waals surface area contributed by atoms with E-state index in [-0.39, 0.29) is 4.90 Å². The van der Waals surface area contributed by atoms with Gasteiger partial charge in [-0.1, -0.05) is 18.2 Å². The predicted molar refractivity (Wildman–Crippen MR) is 122 cm³/mol. The van der Waals surface area contributed by atoms with Crippen LogP contribution >= 0.6 is 11.8 Å². The molecule has 0 fully saturated rings. The van der Waals surface area contributed by atoms with E-state index in [1.165, 1.54) is 30.2 Å². The molecule has 0 saturated carbocycles.